The van der Waals surface area contributed by atoms with Crippen LogP contribution in [0.1, 0.15) is 0 Å². The Labute approximate surface area is 119 Å². The van der Waals surface area contributed by atoms with E-state index in [-0.39, 0.29) is 22.8 Å². The highest BCUT2D eigenvalue weighted by Crippen LogP contribution is 2.25. The summed E-state index contributed by atoms with van der Waals surface area (Å²) in [6.07, 6.45) is 0. The lowest BCUT2D eigenvalue weighted by molar-refractivity contribution is 0.425. The molecule has 0 unspecified atom stereocenters. The van der Waals surface area contributed by atoms with Gasteiger partial charge < -0.3 is 14.5 Å². The minimum Gasteiger partial charge on any atom is -0.423 e. The fraction of sp³-hybridized carbons (Fsp3) is 0. The van der Waals surface area contributed by atoms with Gasteiger partial charge in [0.1, 0.15) is 5.82 Å². The second-order valence-corrected chi connectivity index (χ2v) is 4.39. The van der Waals surface area contributed by atoms with E-state index >= 15 is 0 Å². The van der Waals surface area contributed by atoms with Crippen molar-refractivity contribution in [2.45, 2.75) is 0 Å². The molecule has 104 valence electrons. The molecule has 0 fully saturated rings. The summed E-state index contributed by atoms with van der Waals surface area (Å²) in [6, 6.07) is 12.9. The van der Waals surface area contributed by atoms with E-state index < -0.39 is 12.9 Å². The number of rotatable bonds is 3. The smallest absolute Gasteiger partial charge is 0.423 e. The molecule has 1 aromatic heterocycles. The molecule has 2 N–H and O–H groups in total. The molecule has 7 heteroatoms. The largest absolute Gasteiger partial charge is 0.488 e. The van der Waals surface area contributed by atoms with E-state index in [0.29, 0.717) is 0 Å². The molecule has 0 atom stereocenters. The van der Waals surface area contributed by atoms with E-state index in [1.54, 1.807) is 12.1 Å². The van der Waals surface area contributed by atoms with Crippen LogP contribution in [0.15, 0.2) is 52.9 Å². The zero-order chi connectivity index (χ0) is 14.8. The molecule has 2 aromatic carbocycles. The van der Waals surface area contributed by atoms with Crippen LogP contribution in [0.2, 0.25) is 0 Å². The van der Waals surface area contributed by atoms with E-state index in [9.17, 15) is 4.39 Å². The van der Waals surface area contributed by atoms with Gasteiger partial charge >= 0.3 is 7.12 Å². The SMILES string of the molecule is OB(O)c1ccc(-c2nnc(-c3ccccc3)o2)c(F)c1. The molecule has 0 spiro atoms. The standard InChI is InChI=1S/C14H10BFN2O3/c16-12-8-10(15(19)20)6-7-11(12)14-18-17-13(21-14)9-4-2-1-3-5-9/h1-8,19-20H. The number of hydrogen-bond donors (Lipinski definition) is 2. The van der Waals surface area contributed by atoms with E-state index in [2.05, 4.69) is 10.2 Å². The first-order valence-corrected chi connectivity index (χ1v) is 6.20. The third-order valence-corrected chi connectivity index (χ3v) is 2.97. The lowest BCUT2D eigenvalue weighted by Gasteiger charge is -2.02. The number of aromatic nitrogens is 2. The Bertz CT molecular complexity index is 762. The van der Waals surface area contributed by atoms with Gasteiger partial charge in [0.2, 0.25) is 5.89 Å². The maximum absolute atomic E-state index is 14.0. The van der Waals surface area contributed by atoms with Crippen molar-refractivity contribution in [3.05, 3.63) is 54.3 Å². The Kier molecular flexibility index (Phi) is 3.51. The first-order chi connectivity index (χ1) is 10.1. The molecule has 3 aromatic rings. The van der Waals surface area contributed by atoms with Crippen LogP contribution in [0.4, 0.5) is 4.39 Å². The molecule has 0 aliphatic heterocycles. The lowest BCUT2D eigenvalue weighted by Crippen LogP contribution is -2.30. The lowest BCUT2D eigenvalue weighted by atomic mass is 9.80. The number of halogens is 1. The molecule has 0 radical (unpaired) electrons. The third kappa shape index (κ3) is 2.69. The Balaban J connectivity index is 1.97. The Morgan fingerprint density at radius 3 is 2.33 bits per heavy atom. The maximum atomic E-state index is 14.0. The maximum Gasteiger partial charge on any atom is 0.488 e. The van der Waals surface area contributed by atoms with Gasteiger partial charge in [-0.25, -0.2) is 4.39 Å². The van der Waals surface area contributed by atoms with Gasteiger partial charge in [-0.2, -0.15) is 0 Å². The summed E-state index contributed by atoms with van der Waals surface area (Å²) in [4.78, 5) is 0. The van der Waals surface area contributed by atoms with Gasteiger partial charge in [0.05, 0.1) is 5.56 Å². The van der Waals surface area contributed by atoms with E-state index in [4.69, 9.17) is 14.5 Å². The fourth-order valence-electron chi connectivity index (χ4n) is 1.89. The number of nitrogens with zero attached hydrogens (tertiary/aromatic N) is 2. The molecule has 3 rings (SSSR count). The van der Waals surface area contributed by atoms with Crippen LogP contribution in [-0.2, 0) is 0 Å². The summed E-state index contributed by atoms with van der Waals surface area (Å²) >= 11 is 0. The summed E-state index contributed by atoms with van der Waals surface area (Å²) in [7, 11) is -1.73. The Morgan fingerprint density at radius 2 is 1.67 bits per heavy atom. The molecule has 0 amide bonds. The van der Waals surface area contributed by atoms with E-state index in [0.717, 1.165) is 11.6 Å². The topological polar surface area (TPSA) is 79.4 Å². The van der Waals surface area contributed by atoms with Crippen molar-refractivity contribution < 1.29 is 18.9 Å². The highest BCUT2D eigenvalue weighted by atomic mass is 19.1. The van der Waals surface area contributed by atoms with Gasteiger partial charge in [-0.1, -0.05) is 24.3 Å². The van der Waals surface area contributed by atoms with E-state index in [1.165, 1.54) is 12.1 Å². The van der Waals surface area contributed by atoms with Crippen molar-refractivity contribution >= 4 is 12.6 Å². The molecule has 0 saturated heterocycles. The molecule has 21 heavy (non-hydrogen) atoms. The van der Waals surface area contributed by atoms with Crippen LogP contribution in [0.25, 0.3) is 22.9 Å². The Hall–Kier alpha value is -2.51. The quantitative estimate of drug-likeness (QED) is 0.707. The van der Waals surface area contributed by atoms with Crippen LogP contribution < -0.4 is 5.46 Å². The van der Waals surface area contributed by atoms with Crippen LogP contribution in [-0.4, -0.2) is 27.4 Å². The molecule has 0 bridgehead atoms. The van der Waals surface area contributed by atoms with Crippen molar-refractivity contribution in [2.24, 2.45) is 0 Å². The zero-order valence-electron chi connectivity index (χ0n) is 10.8. The first kappa shape index (κ1) is 13.5. The van der Waals surface area contributed by atoms with Crippen molar-refractivity contribution in [3.63, 3.8) is 0 Å². The van der Waals surface area contributed by atoms with Crippen LogP contribution in [0.5, 0.6) is 0 Å². The summed E-state index contributed by atoms with van der Waals surface area (Å²) in [5.74, 6) is -0.342. The van der Waals surface area contributed by atoms with Gasteiger partial charge in [0, 0.05) is 5.56 Å². The summed E-state index contributed by atoms with van der Waals surface area (Å²) in [5, 5.41) is 25.7. The minimum absolute atomic E-state index is 0.0327. The predicted molar refractivity (Wildman–Crippen MR) is 75.0 cm³/mol. The summed E-state index contributed by atoms with van der Waals surface area (Å²) in [6.45, 7) is 0. The molecule has 1 heterocycles. The normalized spacial score (nSPS) is 10.6. The second-order valence-electron chi connectivity index (χ2n) is 4.39. The van der Waals surface area contributed by atoms with E-state index in [1.807, 2.05) is 18.2 Å². The Morgan fingerprint density at radius 1 is 0.952 bits per heavy atom. The molecular formula is C14H10BFN2O3. The molecule has 0 saturated carbocycles. The third-order valence-electron chi connectivity index (χ3n) is 2.97. The molecular weight excluding hydrogens is 274 g/mol. The van der Waals surface area contributed by atoms with Gasteiger partial charge in [-0.05, 0) is 29.7 Å². The van der Waals surface area contributed by atoms with Gasteiger partial charge in [0.15, 0.2) is 0 Å². The van der Waals surface area contributed by atoms with Crippen molar-refractivity contribution in [1.29, 1.82) is 0 Å². The van der Waals surface area contributed by atoms with Crippen LogP contribution in [0, 0.1) is 5.82 Å². The summed E-state index contributed by atoms with van der Waals surface area (Å²) in [5.41, 5.74) is 0.896. The van der Waals surface area contributed by atoms with Gasteiger partial charge in [0.25, 0.3) is 5.89 Å². The van der Waals surface area contributed by atoms with Crippen molar-refractivity contribution in [3.8, 4) is 22.9 Å². The minimum atomic E-state index is -1.73. The average Bonchev–Trinajstić information content (AvgIpc) is 2.97. The second kappa shape index (κ2) is 5.47. The van der Waals surface area contributed by atoms with Gasteiger partial charge in [-0.15, -0.1) is 10.2 Å². The summed E-state index contributed by atoms with van der Waals surface area (Å²) < 4.78 is 19.4. The number of benzene rings is 2. The molecule has 0 aliphatic rings. The van der Waals surface area contributed by atoms with Crippen LogP contribution in [0.3, 0.4) is 0 Å². The van der Waals surface area contributed by atoms with Gasteiger partial charge in [-0.3, -0.25) is 0 Å². The van der Waals surface area contributed by atoms with Crippen molar-refractivity contribution in [2.75, 3.05) is 0 Å². The predicted octanol–water partition coefficient (Wildman–Crippen LogP) is 1.22. The highest BCUT2D eigenvalue weighted by molar-refractivity contribution is 6.58. The first-order valence-electron chi connectivity index (χ1n) is 6.20. The number of hydrogen-bond acceptors (Lipinski definition) is 5. The molecule has 0 aliphatic carbocycles. The zero-order valence-corrected chi connectivity index (χ0v) is 10.8. The highest BCUT2D eigenvalue weighted by Gasteiger charge is 2.18. The van der Waals surface area contributed by atoms with Crippen LogP contribution >= 0.6 is 0 Å². The van der Waals surface area contributed by atoms with Crippen molar-refractivity contribution in [1.82, 2.24) is 10.2 Å². The average molecular weight is 284 g/mol. The molecule has 5 nitrogen and oxygen atoms in total. The fourth-order valence-corrected chi connectivity index (χ4v) is 1.89. The monoisotopic (exact) mass is 284 g/mol.